The van der Waals surface area contributed by atoms with Gasteiger partial charge in [-0.1, -0.05) is 18.2 Å². The fourth-order valence-electron chi connectivity index (χ4n) is 4.72. The molecule has 1 aliphatic heterocycles. The van der Waals surface area contributed by atoms with Crippen LogP contribution in [0.2, 0.25) is 0 Å². The quantitative estimate of drug-likeness (QED) is 0.489. The summed E-state index contributed by atoms with van der Waals surface area (Å²) in [5.41, 5.74) is -3.78. The van der Waals surface area contributed by atoms with Crippen LogP contribution in [0.25, 0.3) is 0 Å². The van der Waals surface area contributed by atoms with Crippen molar-refractivity contribution in [2.24, 2.45) is 0 Å². The van der Waals surface area contributed by atoms with Crippen molar-refractivity contribution in [3.8, 4) is 0 Å². The Morgan fingerprint density at radius 2 is 1.84 bits per heavy atom. The molecule has 2 fully saturated rings. The van der Waals surface area contributed by atoms with Gasteiger partial charge in [-0.05, 0) is 33.2 Å². The number of benzene rings is 1. The van der Waals surface area contributed by atoms with Crippen LogP contribution in [0.1, 0.15) is 60.1 Å². The van der Waals surface area contributed by atoms with E-state index in [1.807, 2.05) is 0 Å². The van der Waals surface area contributed by atoms with E-state index in [0.717, 1.165) is 22.9 Å². The maximum Gasteiger partial charge on any atom is 0.266 e. The Bertz CT molecular complexity index is 1220. The summed E-state index contributed by atoms with van der Waals surface area (Å²) in [6.07, 6.45) is -5.77. The van der Waals surface area contributed by atoms with E-state index in [1.165, 1.54) is 19.1 Å². The van der Waals surface area contributed by atoms with Crippen LogP contribution in [0, 0.1) is 5.82 Å². The van der Waals surface area contributed by atoms with Gasteiger partial charge in [-0.15, -0.1) is 0 Å². The Morgan fingerprint density at radius 1 is 1.16 bits per heavy atom. The highest BCUT2D eigenvalue weighted by Gasteiger charge is 2.53. The predicted molar refractivity (Wildman–Crippen MR) is 126 cm³/mol. The summed E-state index contributed by atoms with van der Waals surface area (Å²) >= 11 is 0. The van der Waals surface area contributed by atoms with Crippen LogP contribution >= 0.6 is 0 Å². The molecule has 1 saturated carbocycles. The number of halogens is 6. The number of hydrogen-bond donors (Lipinski definition) is 2. The van der Waals surface area contributed by atoms with E-state index >= 15 is 0 Å². The second-order valence-corrected chi connectivity index (χ2v) is 9.78. The molecular formula is C25H28F6N4O2. The van der Waals surface area contributed by atoms with Gasteiger partial charge in [0.2, 0.25) is 0 Å². The molecule has 1 unspecified atom stereocenters. The van der Waals surface area contributed by atoms with Crippen molar-refractivity contribution in [1.29, 1.82) is 0 Å². The van der Waals surface area contributed by atoms with Gasteiger partial charge in [-0.3, -0.25) is 9.59 Å². The van der Waals surface area contributed by atoms with Gasteiger partial charge < -0.3 is 20.1 Å². The summed E-state index contributed by atoms with van der Waals surface area (Å²) in [5.74, 6) is -2.03. The second kappa shape index (κ2) is 10.4. The smallest absolute Gasteiger partial charge is 0.266 e. The molecule has 37 heavy (non-hydrogen) atoms. The first-order valence-electron chi connectivity index (χ1n) is 12.0. The van der Waals surface area contributed by atoms with Gasteiger partial charge in [0, 0.05) is 30.9 Å². The van der Waals surface area contributed by atoms with E-state index in [-0.39, 0.29) is 36.2 Å². The number of nitrogens with zero attached hydrogens (tertiary/aromatic N) is 2. The third kappa shape index (κ3) is 5.34. The van der Waals surface area contributed by atoms with Crippen molar-refractivity contribution in [2.75, 3.05) is 25.5 Å². The largest absolute Gasteiger partial charge is 0.378 e. The highest BCUT2D eigenvalue weighted by molar-refractivity contribution is 5.99. The van der Waals surface area contributed by atoms with Gasteiger partial charge in [0.05, 0.1) is 28.9 Å². The monoisotopic (exact) mass is 530 g/mol. The zero-order valence-corrected chi connectivity index (χ0v) is 20.3. The molecule has 3 atom stereocenters. The van der Waals surface area contributed by atoms with Crippen molar-refractivity contribution in [2.45, 2.75) is 62.8 Å². The first-order valence-corrected chi connectivity index (χ1v) is 12.0. The molecule has 2 aromatic rings. The number of likely N-dealkylation sites (tertiary alicyclic amines) is 1. The molecule has 1 amide bonds. The van der Waals surface area contributed by atoms with Gasteiger partial charge in [0.1, 0.15) is 17.5 Å². The standard InChI is InChI=1S/C25H28F6N4O2/c1-13(14-4-3-5-15(21(14)27)22(28)29)32-23(37)16-11-35(25(7-8-25)24(30)31)20(36)10-19(16)33-18-6-9-34(2)12-17(18)26/h3-5,10-11,13,17-18,22,24,33H,6-9,12H2,1-2H3,(H,32,37)/t13?,17-,18+/m0/s1. The SMILES string of the molecule is CC(NC(=O)c1cn(C2(C(F)F)CC2)c(=O)cc1N[C@@H]1CCN(C)C[C@@H]1F)c1cccc(C(F)F)c1F. The molecule has 2 aliphatic rings. The highest BCUT2D eigenvalue weighted by Crippen LogP contribution is 2.48. The van der Waals surface area contributed by atoms with Crippen LogP contribution in [0.4, 0.5) is 32.0 Å². The number of hydrogen-bond acceptors (Lipinski definition) is 4. The summed E-state index contributed by atoms with van der Waals surface area (Å²) in [5, 5.41) is 5.38. The van der Waals surface area contributed by atoms with E-state index in [4.69, 9.17) is 0 Å². The van der Waals surface area contributed by atoms with Gasteiger partial charge in [0.25, 0.3) is 24.3 Å². The molecule has 202 valence electrons. The lowest BCUT2D eigenvalue weighted by Gasteiger charge is -2.33. The maximum atomic E-state index is 14.7. The Kier molecular flexibility index (Phi) is 7.59. The molecule has 1 aliphatic carbocycles. The van der Waals surface area contributed by atoms with Gasteiger partial charge in [0.15, 0.2) is 0 Å². The number of rotatable bonds is 8. The Labute approximate surface area is 209 Å². The van der Waals surface area contributed by atoms with E-state index in [2.05, 4.69) is 10.6 Å². The maximum absolute atomic E-state index is 14.7. The number of carbonyl (C=O) groups excluding carboxylic acids is 1. The topological polar surface area (TPSA) is 66.4 Å². The van der Waals surface area contributed by atoms with E-state index in [0.29, 0.717) is 13.0 Å². The normalized spacial score (nSPS) is 22.2. The lowest BCUT2D eigenvalue weighted by atomic mass is 10.0. The Balaban J connectivity index is 1.68. The lowest BCUT2D eigenvalue weighted by molar-refractivity contribution is 0.0648. The molecule has 0 spiro atoms. The average molecular weight is 531 g/mol. The minimum atomic E-state index is -3.06. The number of aromatic nitrogens is 1. The van der Waals surface area contributed by atoms with Gasteiger partial charge in [-0.2, -0.15) is 0 Å². The van der Waals surface area contributed by atoms with Crippen LogP contribution in [0.15, 0.2) is 35.3 Å². The van der Waals surface area contributed by atoms with E-state index < -0.39 is 59.5 Å². The number of amides is 1. The molecule has 1 aromatic heterocycles. The number of alkyl halides is 5. The van der Waals surface area contributed by atoms with E-state index in [1.54, 1.807) is 11.9 Å². The molecule has 6 nitrogen and oxygen atoms in total. The zero-order chi connectivity index (χ0) is 27.1. The lowest BCUT2D eigenvalue weighted by Crippen LogP contribution is -2.47. The molecular weight excluding hydrogens is 502 g/mol. The first-order chi connectivity index (χ1) is 17.4. The van der Waals surface area contributed by atoms with Gasteiger partial charge >= 0.3 is 0 Å². The van der Waals surface area contributed by atoms with Crippen molar-refractivity contribution in [3.63, 3.8) is 0 Å². The second-order valence-electron chi connectivity index (χ2n) is 9.78. The minimum Gasteiger partial charge on any atom is -0.378 e. The third-order valence-corrected chi connectivity index (χ3v) is 7.14. The summed E-state index contributed by atoms with van der Waals surface area (Å²) in [7, 11) is 1.76. The highest BCUT2D eigenvalue weighted by atomic mass is 19.3. The Hall–Kier alpha value is -3.02. The molecule has 4 rings (SSSR count). The van der Waals surface area contributed by atoms with Crippen LogP contribution < -0.4 is 16.2 Å². The molecule has 0 radical (unpaired) electrons. The van der Waals surface area contributed by atoms with Crippen molar-refractivity contribution in [3.05, 3.63) is 63.3 Å². The number of anilines is 1. The van der Waals surface area contributed by atoms with Crippen LogP contribution in [-0.2, 0) is 5.54 Å². The predicted octanol–water partition coefficient (Wildman–Crippen LogP) is 4.62. The van der Waals surface area contributed by atoms with Crippen LogP contribution in [0.3, 0.4) is 0 Å². The van der Waals surface area contributed by atoms with Crippen molar-refractivity contribution in [1.82, 2.24) is 14.8 Å². The molecule has 12 heteroatoms. The molecule has 1 saturated heterocycles. The van der Waals surface area contributed by atoms with E-state index in [9.17, 15) is 35.9 Å². The molecule has 1 aromatic carbocycles. The van der Waals surface area contributed by atoms with Crippen molar-refractivity contribution < 1.29 is 31.1 Å². The van der Waals surface area contributed by atoms with Crippen LogP contribution in [0.5, 0.6) is 0 Å². The molecule has 2 heterocycles. The number of pyridine rings is 1. The first kappa shape index (κ1) is 27.0. The number of piperidine rings is 1. The summed E-state index contributed by atoms with van der Waals surface area (Å²) in [6, 6.07) is 2.59. The number of carbonyl (C=O) groups is 1. The summed E-state index contributed by atoms with van der Waals surface area (Å²) in [4.78, 5) is 27.9. The van der Waals surface area contributed by atoms with Gasteiger partial charge in [-0.25, -0.2) is 26.3 Å². The fourth-order valence-corrected chi connectivity index (χ4v) is 4.72. The molecule has 0 bridgehead atoms. The Morgan fingerprint density at radius 3 is 2.43 bits per heavy atom. The fraction of sp³-hybridized carbons (Fsp3) is 0.520. The average Bonchev–Trinajstić information content (AvgIpc) is 3.63. The zero-order valence-electron chi connectivity index (χ0n) is 20.3. The van der Waals surface area contributed by atoms with Crippen LogP contribution in [-0.4, -0.2) is 54.2 Å². The minimum absolute atomic E-state index is 0.0436. The third-order valence-electron chi connectivity index (χ3n) is 7.14. The summed E-state index contributed by atoms with van der Waals surface area (Å²) in [6.45, 7) is 2.06. The number of nitrogens with one attached hydrogen (secondary N) is 2. The summed E-state index contributed by atoms with van der Waals surface area (Å²) < 4.78 is 84.0. The molecule has 2 N–H and O–H groups in total. The van der Waals surface area contributed by atoms with Crippen molar-refractivity contribution >= 4 is 11.6 Å².